The van der Waals surface area contributed by atoms with Crippen LogP contribution < -0.4 is 19.4 Å². The minimum atomic E-state index is -0.726. The van der Waals surface area contributed by atoms with Gasteiger partial charge in [-0.2, -0.15) is 0 Å². The highest BCUT2D eigenvalue weighted by Gasteiger charge is 2.13. The Morgan fingerprint density at radius 1 is 0.711 bits per heavy atom. The summed E-state index contributed by atoms with van der Waals surface area (Å²) in [5.74, 6) is -1.53. The van der Waals surface area contributed by atoms with Crippen LogP contribution in [-0.2, 0) is 25.6 Å². The highest BCUT2D eigenvalue weighted by molar-refractivity contribution is 5.86. The third-order valence-electron chi connectivity index (χ3n) is 5.01. The molecule has 9 heteroatoms. The topological polar surface area (TPSA) is 114 Å². The molecule has 0 heterocycles. The molecule has 0 N–H and O–H groups in total. The van der Waals surface area contributed by atoms with E-state index < -0.39 is 17.9 Å². The first-order valence-electron chi connectivity index (χ1n) is 11.3. The molecule has 3 rings (SSSR count). The average molecular weight is 515 g/mol. The van der Waals surface area contributed by atoms with E-state index >= 15 is 0 Å². The predicted octanol–water partition coefficient (Wildman–Crippen LogP) is 5.11. The molecule has 0 spiro atoms. The van der Waals surface area contributed by atoms with Crippen LogP contribution in [0.5, 0.6) is 17.2 Å². The second-order valence-electron chi connectivity index (χ2n) is 7.57. The average Bonchev–Trinajstić information content (AvgIpc) is 2.94. The summed E-state index contributed by atoms with van der Waals surface area (Å²) in [6.07, 6.45) is 3.34. The molecule has 0 radical (unpaired) electrons. The zero-order valence-corrected chi connectivity index (χ0v) is 20.3. The summed E-state index contributed by atoms with van der Waals surface area (Å²) in [7, 11) is 0. The molecule has 0 aliphatic rings. The Morgan fingerprint density at radius 2 is 1.24 bits per heavy atom. The van der Waals surface area contributed by atoms with E-state index in [1.54, 1.807) is 54.6 Å². The number of carbonyl (C=O) groups is 3. The van der Waals surface area contributed by atoms with Crippen LogP contribution in [0.25, 0.3) is 11.1 Å². The molecule has 3 aromatic rings. The normalized spacial score (nSPS) is 10.1. The van der Waals surface area contributed by atoms with Gasteiger partial charge >= 0.3 is 17.9 Å². The van der Waals surface area contributed by atoms with Gasteiger partial charge in [-0.25, -0.2) is 14.4 Å². The van der Waals surface area contributed by atoms with Gasteiger partial charge in [0.1, 0.15) is 5.75 Å². The Bertz CT molecular complexity index is 1330. The molecule has 38 heavy (non-hydrogen) atoms. The van der Waals surface area contributed by atoms with Crippen molar-refractivity contribution in [2.24, 2.45) is 0 Å². The fourth-order valence-corrected chi connectivity index (χ4v) is 3.14. The van der Waals surface area contributed by atoms with Gasteiger partial charge in [0.05, 0.1) is 12.3 Å². The van der Waals surface area contributed by atoms with Crippen molar-refractivity contribution in [2.45, 2.75) is 6.42 Å². The Labute approximate surface area is 219 Å². The standard InChI is InChI=1S/C29H24NO8/c1-4-27(31)36-24-14-10-22(11-15-24)21-8-12-23(13-9-21)30(34)35-18-17-20-7-16-25(37-28(32)5-2)26(19-20)38-29(33)6-3/h4-16,19H,1-3,17-18H2/q-1. The van der Waals surface area contributed by atoms with Gasteiger partial charge < -0.3 is 24.6 Å². The maximum absolute atomic E-state index is 12.4. The van der Waals surface area contributed by atoms with Crippen molar-refractivity contribution in [3.8, 4) is 28.4 Å². The number of benzene rings is 3. The first-order valence-corrected chi connectivity index (χ1v) is 11.3. The van der Waals surface area contributed by atoms with Crippen LogP contribution in [0, 0.1) is 5.21 Å². The molecular weight excluding hydrogens is 490 g/mol. The first-order chi connectivity index (χ1) is 18.3. The van der Waals surface area contributed by atoms with Crippen molar-refractivity contribution in [1.82, 2.24) is 0 Å². The van der Waals surface area contributed by atoms with Crippen LogP contribution in [0.3, 0.4) is 0 Å². The van der Waals surface area contributed by atoms with Gasteiger partial charge in [-0.05, 0) is 59.5 Å². The summed E-state index contributed by atoms with van der Waals surface area (Å²) in [5.41, 5.74) is 2.67. The number of nitrogens with zero attached hydrogens (tertiary/aromatic N) is 1. The molecule has 3 aromatic carbocycles. The zero-order valence-electron chi connectivity index (χ0n) is 20.3. The van der Waals surface area contributed by atoms with Crippen molar-refractivity contribution in [1.29, 1.82) is 0 Å². The van der Waals surface area contributed by atoms with Crippen molar-refractivity contribution in [3.63, 3.8) is 0 Å². The lowest BCUT2D eigenvalue weighted by Gasteiger charge is -2.29. The third kappa shape index (κ3) is 7.76. The quantitative estimate of drug-likeness (QED) is 0.141. The van der Waals surface area contributed by atoms with E-state index in [2.05, 4.69) is 19.7 Å². The zero-order chi connectivity index (χ0) is 27.5. The van der Waals surface area contributed by atoms with Crippen LogP contribution in [-0.4, -0.2) is 24.5 Å². The van der Waals surface area contributed by atoms with Gasteiger partial charge in [-0.15, -0.1) is 0 Å². The van der Waals surface area contributed by atoms with E-state index in [4.69, 9.17) is 19.0 Å². The van der Waals surface area contributed by atoms with Crippen LogP contribution >= 0.6 is 0 Å². The molecule has 0 aliphatic carbocycles. The Balaban J connectivity index is 1.59. The van der Waals surface area contributed by atoms with Crippen molar-refractivity contribution in [3.05, 3.63) is 115 Å². The lowest BCUT2D eigenvalue weighted by Crippen LogP contribution is -2.17. The minimum Gasteiger partial charge on any atom is -0.733 e. The summed E-state index contributed by atoms with van der Waals surface area (Å²) in [6.45, 7) is 10.1. The number of carbonyl (C=O) groups excluding carboxylic acids is 3. The Morgan fingerprint density at radius 3 is 1.82 bits per heavy atom. The smallest absolute Gasteiger partial charge is 0.335 e. The predicted molar refractivity (Wildman–Crippen MR) is 141 cm³/mol. The fourth-order valence-electron chi connectivity index (χ4n) is 3.14. The van der Waals surface area contributed by atoms with Crippen LogP contribution in [0.4, 0.5) is 5.69 Å². The van der Waals surface area contributed by atoms with Crippen LogP contribution in [0.15, 0.2) is 105 Å². The van der Waals surface area contributed by atoms with Gasteiger partial charge in [-0.1, -0.05) is 50.1 Å². The van der Waals surface area contributed by atoms with E-state index in [9.17, 15) is 19.6 Å². The lowest BCUT2D eigenvalue weighted by molar-refractivity contribution is -0.131. The largest absolute Gasteiger partial charge is 0.733 e. The van der Waals surface area contributed by atoms with E-state index in [0.717, 1.165) is 29.4 Å². The monoisotopic (exact) mass is 514 g/mol. The second-order valence-corrected chi connectivity index (χ2v) is 7.57. The summed E-state index contributed by atoms with van der Waals surface area (Å²) in [4.78, 5) is 39.8. The molecule has 0 saturated heterocycles. The molecule has 194 valence electrons. The summed E-state index contributed by atoms with van der Waals surface area (Å²) >= 11 is 0. The number of rotatable bonds is 12. The van der Waals surface area contributed by atoms with Crippen molar-refractivity contribution < 1.29 is 33.4 Å². The van der Waals surface area contributed by atoms with Gasteiger partial charge in [-0.3, -0.25) is 4.84 Å². The molecule has 0 fully saturated rings. The molecule has 0 atom stereocenters. The van der Waals surface area contributed by atoms with Gasteiger partial charge in [0.15, 0.2) is 11.5 Å². The van der Waals surface area contributed by atoms with Gasteiger partial charge in [0.25, 0.3) is 0 Å². The molecule has 0 bridgehead atoms. The van der Waals surface area contributed by atoms with E-state index in [1.807, 2.05) is 0 Å². The molecule has 9 nitrogen and oxygen atoms in total. The molecule has 0 unspecified atom stereocenters. The first kappa shape index (κ1) is 27.6. The maximum Gasteiger partial charge on any atom is 0.335 e. The van der Waals surface area contributed by atoms with Gasteiger partial charge in [0.2, 0.25) is 0 Å². The summed E-state index contributed by atoms with van der Waals surface area (Å²) in [6, 6.07) is 18.3. The fraction of sp³-hybridized carbons (Fsp3) is 0.0690. The maximum atomic E-state index is 12.4. The summed E-state index contributed by atoms with van der Waals surface area (Å²) < 4.78 is 15.3. The number of hydrogen-bond acceptors (Lipinski definition) is 9. The van der Waals surface area contributed by atoms with Crippen molar-refractivity contribution >= 4 is 23.6 Å². The highest BCUT2D eigenvalue weighted by Crippen LogP contribution is 2.30. The number of ether oxygens (including phenoxy) is 3. The number of esters is 3. The van der Waals surface area contributed by atoms with Crippen molar-refractivity contribution in [2.75, 3.05) is 11.8 Å². The van der Waals surface area contributed by atoms with E-state index in [0.29, 0.717) is 23.0 Å². The highest BCUT2D eigenvalue weighted by atomic mass is 16.9. The van der Waals surface area contributed by atoms with Crippen LogP contribution in [0.2, 0.25) is 0 Å². The molecule has 0 amide bonds. The third-order valence-corrected chi connectivity index (χ3v) is 5.01. The SMILES string of the molecule is C=CC(=O)Oc1ccc(-c2ccc(N([O-])OCCc3ccc(OC(=O)C=C)c(OC(=O)C=C)c3)cc2)cc1. The Hall–Kier alpha value is -4.99. The van der Waals surface area contributed by atoms with Gasteiger partial charge in [0, 0.05) is 18.2 Å². The van der Waals surface area contributed by atoms with E-state index in [-0.39, 0.29) is 23.8 Å². The summed E-state index contributed by atoms with van der Waals surface area (Å²) in [5, 5.41) is 12.8. The minimum absolute atomic E-state index is 0.0177. The Kier molecular flexibility index (Phi) is 9.70. The second kappa shape index (κ2) is 13.4. The lowest BCUT2D eigenvalue weighted by atomic mass is 10.1. The molecule has 0 aromatic heterocycles. The number of anilines is 1. The molecule has 0 aliphatic heterocycles. The van der Waals surface area contributed by atoms with E-state index in [1.165, 1.54) is 12.1 Å². The molecular formula is C29H24NO8-. The molecule has 0 saturated carbocycles. The van der Waals surface area contributed by atoms with Crippen LogP contribution in [0.1, 0.15) is 5.56 Å². The number of hydrogen-bond donors (Lipinski definition) is 0.